The van der Waals surface area contributed by atoms with Crippen molar-refractivity contribution in [1.82, 2.24) is 19.3 Å². The summed E-state index contributed by atoms with van der Waals surface area (Å²) < 4.78 is 3.93. The van der Waals surface area contributed by atoms with Crippen LogP contribution in [-0.4, -0.2) is 25.1 Å². The molecule has 0 radical (unpaired) electrons. The third-order valence-corrected chi connectivity index (χ3v) is 4.78. The topological polar surface area (TPSA) is 69.8 Å². The standard InChI is InChI=1S/C16H12N4O2S/c1-19-15-11(6-18-19)16(22)20(9-17-15)7-13(21)12-8-23-14-5-3-2-4-10(12)14/h2-6,8-9H,7H2,1H3. The number of ketones is 1. The molecule has 0 aliphatic heterocycles. The number of carbonyl (C=O) groups is 1. The number of hydrogen-bond acceptors (Lipinski definition) is 5. The van der Waals surface area contributed by atoms with E-state index in [0.717, 1.165) is 10.1 Å². The molecular weight excluding hydrogens is 312 g/mol. The Balaban J connectivity index is 1.74. The van der Waals surface area contributed by atoms with Gasteiger partial charge in [0, 0.05) is 28.1 Å². The van der Waals surface area contributed by atoms with Crippen LogP contribution in [0.1, 0.15) is 10.4 Å². The predicted molar refractivity (Wildman–Crippen MR) is 88.9 cm³/mol. The fourth-order valence-corrected chi connectivity index (χ4v) is 3.58. The van der Waals surface area contributed by atoms with Crippen LogP contribution in [0.2, 0.25) is 0 Å². The fraction of sp³-hybridized carbons (Fsp3) is 0.125. The number of carbonyl (C=O) groups excluding carboxylic acids is 1. The van der Waals surface area contributed by atoms with Gasteiger partial charge >= 0.3 is 0 Å². The lowest BCUT2D eigenvalue weighted by Gasteiger charge is -2.04. The molecule has 0 N–H and O–H groups in total. The minimum Gasteiger partial charge on any atom is -0.292 e. The lowest BCUT2D eigenvalue weighted by Crippen LogP contribution is -2.24. The summed E-state index contributed by atoms with van der Waals surface area (Å²) in [6.45, 7) is -0.0304. The number of Topliss-reactive ketones (excluding diaryl/α,β-unsaturated/α-hetero) is 1. The van der Waals surface area contributed by atoms with Gasteiger partial charge in [-0.2, -0.15) is 5.10 Å². The minimum atomic E-state index is -0.254. The second-order valence-electron chi connectivity index (χ2n) is 5.25. The van der Waals surface area contributed by atoms with Crippen molar-refractivity contribution in [2.75, 3.05) is 0 Å². The summed E-state index contributed by atoms with van der Waals surface area (Å²) in [6, 6.07) is 7.75. The number of aromatic nitrogens is 4. The summed E-state index contributed by atoms with van der Waals surface area (Å²) in [6.07, 6.45) is 2.88. The quantitative estimate of drug-likeness (QED) is 0.542. The summed E-state index contributed by atoms with van der Waals surface area (Å²) in [4.78, 5) is 29.2. The van der Waals surface area contributed by atoms with Gasteiger partial charge < -0.3 is 0 Å². The van der Waals surface area contributed by atoms with Crippen LogP contribution in [0.25, 0.3) is 21.1 Å². The molecule has 4 aromatic rings. The summed E-state index contributed by atoms with van der Waals surface area (Å²) in [7, 11) is 1.72. The second kappa shape index (κ2) is 5.13. The van der Waals surface area contributed by atoms with E-state index in [1.165, 1.54) is 33.1 Å². The summed E-state index contributed by atoms with van der Waals surface area (Å²) in [5.74, 6) is -0.102. The number of aryl methyl sites for hydroxylation is 1. The highest BCUT2D eigenvalue weighted by Gasteiger charge is 2.15. The molecular formula is C16H12N4O2S. The fourth-order valence-electron chi connectivity index (χ4n) is 2.61. The first-order valence-corrected chi connectivity index (χ1v) is 7.89. The van der Waals surface area contributed by atoms with Crippen molar-refractivity contribution < 1.29 is 4.79 Å². The van der Waals surface area contributed by atoms with Gasteiger partial charge in [0.15, 0.2) is 11.4 Å². The van der Waals surface area contributed by atoms with E-state index in [1.54, 1.807) is 7.05 Å². The molecule has 0 bridgehead atoms. The van der Waals surface area contributed by atoms with Crippen LogP contribution in [0.5, 0.6) is 0 Å². The Morgan fingerprint density at radius 3 is 2.96 bits per heavy atom. The number of benzene rings is 1. The maximum atomic E-state index is 12.6. The van der Waals surface area contributed by atoms with Gasteiger partial charge in [0.25, 0.3) is 5.56 Å². The van der Waals surface area contributed by atoms with Gasteiger partial charge in [-0.1, -0.05) is 18.2 Å². The van der Waals surface area contributed by atoms with Gasteiger partial charge in [-0.15, -0.1) is 11.3 Å². The maximum Gasteiger partial charge on any atom is 0.264 e. The summed E-state index contributed by atoms with van der Waals surface area (Å²) in [5, 5.41) is 7.20. The predicted octanol–water partition coefficient (Wildman–Crippen LogP) is 2.23. The van der Waals surface area contributed by atoms with Crippen molar-refractivity contribution in [3.63, 3.8) is 0 Å². The smallest absolute Gasteiger partial charge is 0.264 e. The molecule has 1 aromatic carbocycles. The lowest BCUT2D eigenvalue weighted by atomic mass is 10.1. The molecule has 7 heteroatoms. The van der Waals surface area contributed by atoms with Crippen LogP contribution in [-0.2, 0) is 13.6 Å². The van der Waals surface area contributed by atoms with Crippen LogP contribution in [0.15, 0.2) is 47.0 Å². The van der Waals surface area contributed by atoms with E-state index in [2.05, 4.69) is 10.1 Å². The monoisotopic (exact) mass is 324 g/mol. The zero-order chi connectivity index (χ0) is 16.0. The van der Waals surface area contributed by atoms with E-state index in [9.17, 15) is 9.59 Å². The van der Waals surface area contributed by atoms with Crippen LogP contribution in [0, 0.1) is 0 Å². The van der Waals surface area contributed by atoms with Crippen molar-refractivity contribution in [2.45, 2.75) is 6.54 Å². The molecule has 23 heavy (non-hydrogen) atoms. The lowest BCUT2D eigenvalue weighted by molar-refractivity contribution is 0.0972. The second-order valence-corrected chi connectivity index (χ2v) is 6.16. The van der Waals surface area contributed by atoms with Crippen molar-refractivity contribution in [2.24, 2.45) is 7.05 Å². The third kappa shape index (κ3) is 2.17. The number of rotatable bonds is 3. The van der Waals surface area contributed by atoms with Gasteiger partial charge in [0.2, 0.25) is 0 Å². The number of thiophene rings is 1. The molecule has 0 saturated carbocycles. The molecule has 4 rings (SSSR count). The molecule has 0 aliphatic carbocycles. The zero-order valence-corrected chi connectivity index (χ0v) is 13.1. The van der Waals surface area contributed by atoms with E-state index >= 15 is 0 Å². The Morgan fingerprint density at radius 2 is 2.09 bits per heavy atom. The first-order chi connectivity index (χ1) is 11.1. The Morgan fingerprint density at radius 1 is 1.26 bits per heavy atom. The Bertz CT molecular complexity index is 1110. The maximum absolute atomic E-state index is 12.6. The number of nitrogens with zero attached hydrogens (tertiary/aromatic N) is 4. The van der Waals surface area contributed by atoms with Gasteiger partial charge in [0.1, 0.15) is 11.7 Å². The van der Waals surface area contributed by atoms with Gasteiger partial charge in [-0.3, -0.25) is 18.8 Å². The SMILES string of the molecule is Cn1ncc2c(=O)n(CC(=O)c3csc4ccccc34)cnc21. The van der Waals surface area contributed by atoms with E-state index in [4.69, 9.17) is 0 Å². The van der Waals surface area contributed by atoms with Crippen LogP contribution in [0.3, 0.4) is 0 Å². The largest absolute Gasteiger partial charge is 0.292 e. The van der Waals surface area contributed by atoms with E-state index in [0.29, 0.717) is 16.6 Å². The van der Waals surface area contributed by atoms with Crippen LogP contribution < -0.4 is 5.56 Å². The highest BCUT2D eigenvalue weighted by Crippen LogP contribution is 2.26. The van der Waals surface area contributed by atoms with Gasteiger partial charge in [-0.25, -0.2) is 4.98 Å². The average Bonchev–Trinajstić information content (AvgIpc) is 3.14. The van der Waals surface area contributed by atoms with E-state index in [1.807, 2.05) is 29.6 Å². The molecule has 0 spiro atoms. The molecule has 0 fully saturated rings. The number of fused-ring (bicyclic) bond motifs is 2. The molecule has 114 valence electrons. The first-order valence-electron chi connectivity index (χ1n) is 7.02. The average molecular weight is 324 g/mol. The van der Waals surface area contributed by atoms with Crippen molar-refractivity contribution in [3.05, 3.63) is 58.1 Å². The van der Waals surface area contributed by atoms with Crippen LogP contribution in [0.4, 0.5) is 0 Å². The van der Waals surface area contributed by atoms with Gasteiger partial charge in [0.05, 0.1) is 12.7 Å². The van der Waals surface area contributed by atoms with Crippen molar-refractivity contribution in [1.29, 1.82) is 0 Å². The van der Waals surface area contributed by atoms with E-state index in [-0.39, 0.29) is 17.9 Å². The van der Waals surface area contributed by atoms with Gasteiger partial charge in [-0.05, 0) is 6.07 Å². The summed E-state index contributed by atoms with van der Waals surface area (Å²) in [5.41, 5.74) is 0.902. The molecule has 0 atom stereocenters. The Labute approximate surface area is 134 Å². The molecule has 6 nitrogen and oxygen atoms in total. The molecule has 0 amide bonds. The first kappa shape index (κ1) is 13.8. The molecule has 3 aromatic heterocycles. The zero-order valence-electron chi connectivity index (χ0n) is 12.3. The minimum absolute atomic E-state index is 0.0304. The van der Waals surface area contributed by atoms with Crippen molar-refractivity contribution >= 4 is 38.2 Å². The molecule has 0 saturated heterocycles. The molecule has 0 unspecified atom stereocenters. The molecule has 0 aliphatic rings. The highest BCUT2D eigenvalue weighted by molar-refractivity contribution is 7.17. The Kier molecular flexibility index (Phi) is 3.09. The molecule has 3 heterocycles. The normalized spacial score (nSPS) is 11.3. The number of hydrogen-bond donors (Lipinski definition) is 0. The highest BCUT2D eigenvalue weighted by atomic mass is 32.1. The van der Waals surface area contributed by atoms with Crippen LogP contribution >= 0.6 is 11.3 Å². The van der Waals surface area contributed by atoms with Crippen molar-refractivity contribution in [3.8, 4) is 0 Å². The third-order valence-electron chi connectivity index (χ3n) is 3.81. The van der Waals surface area contributed by atoms with E-state index < -0.39 is 0 Å². The Hall–Kier alpha value is -2.80. The summed E-state index contributed by atoms with van der Waals surface area (Å²) >= 11 is 1.53.